The summed E-state index contributed by atoms with van der Waals surface area (Å²) in [6.45, 7) is 0. The third kappa shape index (κ3) is 2.96. The van der Waals surface area contributed by atoms with Gasteiger partial charge < -0.3 is 16.6 Å². The maximum Gasteiger partial charge on any atom is 0.327 e. The van der Waals surface area contributed by atoms with Crippen LogP contribution in [0.4, 0.5) is 5.82 Å². The number of anilines is 1. The van der Waals surface area contributed by atoms with Crippen molar-refractivity contribution in [3.63, 3.8) is 0 Å². The molecule has 1 aromatic heterocycles. The topological polar surface area (TPSA) is 147 Å². The second-order valence-electron chi connectivity index (χ2n) is 4.34. The summed E-state index contributed by atoms with van der Waals surface area (Å²) in [7, 11) is 0. The molecule has 1 aromatic rings. The molecule has 0 radical (unpaired) electrons. The number of guanidine groups is 1. The lowest BCUT2D eigenvalue weighted by Crippen LogP contribution is -2.65. The number of carboxylic acids is 1. The second kappa shape index (κ2) is 5.99. The van der Waals surface area contributed by atoms with Crippen LogP contribution in [-0.4, -0.2) is 40.2 Å². The Morgan fingerprint density at radius 1 is 1.48 bits per heavy atom. The molecule has 1 aliphatic heterocycles. The number of rotatable bonds is 5. The van der Waals surface area contributed by atoms with E-state index in [-0.39, 0.29) is 18.3 Å². The number of pyridine rings is 1. The minimum Gasteiger partial charge on any atom is -0.480 e. The highest BCUT2D eigenvalue weighted by atomic mass is 16.4. The largest absolute Gasteiger partial charge is 0.480 e. The summed E-state index contributed by atoms with van der Waals surface area (Å²) in [6, 6.07) is 3.97. The van der Waals surface area contributed by atoms with Gasteiger partial charge in [-0.25, -0.2) is 9.78 Å². The average Bonchev–Trinajstić information content (AvgIpc) is 2.44. The fourth-order valence-corrected chi connectivity index (χ4v) is 2.08. The molecule has 2 atom stereocenters. The zero-order chi connectivity index (χ0) is 15.4. The van der Waals surface area contributed by atoms with Crippen LogP contribution in [0.1, 0.15) is 6.42 Å². The second-order valence-corrected chi connectivity index (χ2v) is 4.34. The highest BCUT2D eigenvalue weighted by molar-refractivity contribution is 6.10. The molecule has 0 bridgehead atoms. The van der Waals surface area contributed by atoms with Crippen LogP contribution in [0.3, 0.4) is 0 Å². The van der Waals surface area contributed by atoms with Gasteiger partial charge in [0.25, 0.3) is 0 Å². The van der Waals surface area contributed by atoms with Crippen molar-refractivity contribution in [3.05, 3.63) is 24.4 Å². The fraction of sp³-hybridized carbons (Fsp3) is 0.250. The van der Waals surface area contributed by atoms with E-state index in [4.69, 9.17) is 11.5 Å². The number of β-lactam (4-membered cyclic amide) rings is 1. The number of nitrogens with two attached hydrogens (primary N) is 2. The van der Waals surface area contributed by atoms with Crippen molar-refractivity contribution in [2.45, 2.75) is 12.5 Å². The van der Waals surface area contributed by atoms with Crippen LogP contribution in [0.5, 0.6) is 0 Å². The van der Waals surface area contributed by atoms with Crippen LogP contribution in [0.25, 0.3) is 0 Å². The minimum atomic E-state index is -1.10. The van der Waals surface area contributed by atoms with E-state index in [1.807, 2.05) is 0 Å². The molecule has 9 heteroatoms. The van der Waals surface area contributed by atoms with E-state index in [9.17, 15) is 14.7 Å². The van der Waals surface area contributed by atoms with Gasteiger partial charge in [0.1, 0.15) is 11.9 Å². The van der Waals surface area contributed by atoms with Gasteiger partial charge in [0.2, 0.25) is 11.9 Å². The molecule has 0 aromatic carbocycles. The zero-order valence-electron chi connectivity index (χ0n) is 11.0. The highest BCUT2D eigenvalue weighted by Crippen LogP contribution is 2.33. The van der Waals surface area contributed by atoms with Crippen LogP contribution in [0.15, 0.2) is 34.6 Å². The third-order valence-electron chi connectivity index (χ3n) is 2.98. The van der Waals surface area contributed by atoms with E-state index < -0.39 is 17.9 Å². The third-order valence-corrected chi connectivity index (χ3v) is 2.98. The van der Waals surface area contributed by atoms with Gasteiger partial charge in [-0.05, 0) is 18.6 Å². The molecule has 5 N–H and O–H groups in total. The number of hydrogen-bond acceptors (Lipinski definition) is 5. The van der Waals surface area contributed by atoms with E-state index in [1.165, 1.54) is 12.4 Å². The molecule has 0 aliphatic carbocycles. The molecule has 2 rings (SSSR count). The van der Waals surface area contributed by atoms with Crippen LogP contribution in [0, 0.1) is 5.92 Å². The fourth-order valence-electron chi connectivity index (χ4n) is 2.08. The Bertz CT molecular complexity index is 596. The first-order chi connectivity index (χ1) is 10.0. The number of carbonyl (C=O) groups is 2. The Morgan fingerprint density at radius 2 is 2.24 bits per heavy atom. The molecule has 2 heterocycles. The Hall–Kier alpha value is -2.97. The van der Waals surface area contributed by atoms with E-state index in [0.717, 1.165) is 4.90 Å². The minimum absolute atomic E-state index is 0.135. The summed E-state index contributed by atoms with van der Waals surface area (Å²) in [5, 5.41) is 16.2. The monoisotopic (exact) mass is 290 g/mol. The maximum absolute atomic E-state index is 12.1. The van der Waals surface area contributed by atoms with Gasteiger partial charge in [-0.15, -0.1) is 5.10 Å². The Kier molecular flexibility index (Phi) is 4.12. The van der Waals surface area contributed by atoms with Gasteiger partial charge in [0.15, 0.2) is 0 Å². The van der Waals surface area contributed by atoms with Gasteiger partial charge >= 0.3 is 5.97 Å². The van der Waals surface area contributed by atoms with Gasteiger partial charge in [0, 0.05) is 12.4 Å². The number of nitrogens with zero attached hydrogens (tertiary/aromatic N) is 4. The lowest BCUT2D eigenvalue weighted by atomic mass is 9.85. The van der Waals surface area contributed by atoms with E-state index in [2.05, 4.69) is 15.2 Å². The molecule has 21 heavy (non-hydrogen) atoms. The number of amides is 1. The molecule has 0 saturated carbocycles. The van der Waals surface area contributed by atoms with E-state index in [0.29, 0.717) is 5.82 Å². The SMILES string of the molecule is NC(N)=NN=CC[C@H]1C(=O)N(c2ccccn2)[C@@H]1C(=O)O. The van der Waals surface area contributed by atoms with Crippen molar-refractivity contribution in [2.75, 3.05) is 4.90 Å². The van der Waals surface area contributed by atoms with Crippen LogP contribution in [0.2, 0.25) is 0 Å². The number of hydrogen-bond donors (Lipinski definition) is 3. The lowest BCUT2D eigenvalue weighted by molar-refractivity contribution is -0.149. The van der Waals surface area contributed by atoms with Crippen molar-refractivity contribution in [2.24, 2.45) is 27.6 Å². The summed E-state index contributed by atoms with van der Waals surface area (Å²) >= 11 is 0. The highest BCUT2D eigenvalue weighted by Gasteiger charge is 2.52. The van der Waals surface area contributed by atoms with E-state index in [1.54, 1.807) is 18.2 Å². The van der Waals surface area contributed by atoms with Crippen molar-refractivity contribution in [3.8, 4) is 0 Å². The van der Waals surface area contributed by atoms with Gasteiger partial charge in [-0.1, -0.05) is 6.07 Å². The number of aromatic nitrogens is 1. The van der Waals surface area contributed by atoms with Crippen LogP contribution < -0.4 is 16.4 Å². The zero-order valence-corrected chi connectivity index (χ0v) is 11.0. The van der Waals surface area contributed by atoms with Gasteiger partial charge in [-0.3, -0.25) is 9.69 Å². The summed E-state index contributed by atoms with van der Waals surface area (Å²) in [5.74, 6) is -2.02. The summed E-state index contributed by atoms with van der Waals surface area (Å²) in [4.78, 5) is 28.6. The van der Waals surface area contributed by atoms with E-state index >= 15 is 0 Å². The molecule has 1 aliphatic rings. The average molecular weight is 290 g/mol. The van der Waals surface area contributed by atoms with Crippen molar-refractivity contribution >= 4 is 29.9 Å². The predicted molar refractivity (Wildman–Crippen MR) is 75.6 cm³/mol. The predicted octanol–water partition coefficient (Wildman–Crippen LogP) is -0.853. The number of carboxylic acid groups (broad SMARTS) is 1. The van der Waals surface area contributed by atoms with Crippen molar-refractivity contribution < 1.29 is 14.7 Å². The number of aliphatic carboxylic acids is 1. The Labute approximate surface area is 120 Å². The molecule has 1 fully saturated rings. The lowest BCUT2D eigenvalue weighted by Gasteiger charge is -2.43. The molecule has 0 unspecified atom stereocenters. The molecule has 9 nitrogen and oxygen atoms in total. The molecule has 110 valence electrons. The normalized spacial score (nSPS) is 21.1. The van der Waals surface area contributed by atoms with Crippen LogP contribution >= 0.6 is 0 Å². The Balaban J connectivity index is 2.11. The van der Waals surface area contributed by atoms with Crippen molar-refractivity contribution in [1.29, 1.82) is 0 Å². The first kappa shape index (κ1) is 14.4. The van der Waals surface area contributed by atoms with Gasteiger partial charge in [0.05, 0.1) is 5.92 Å². The quantitative estimate of drug-likeness (QED) is 0.278. The molecule has 1 saturated heterocycles. The summed E-state index contributed by atoms with van der Waals surface area (Å²) in [6.07, 6.45) is 2.94. The number of carbonyl (C=O) groups excluding carboxylic acids is 1. The first-order valence-electron chi connectivity index (χ1n) is 6.09. The van der Waals surface area contributed by atoms with Crippen molar-refractivity contribution in [1.82, 2.24) is 4.98 Å². The molecule has 1 amide bonds. The summed E-state index contributed by atoms with van der Waals surface area (Å²) < 4.78 is 0. The molecular formula is C12H14N6O3. The van der Waals surface area contributed by atoms with Crippen LogP contribution in [-0.2, 0) is 9.59 Å². The standard InChI is InChI=1S/C12H14N6O3/c13-12(14)17-16-6-4-7-9(11(20)21)18(10(7)19)8-3-1-2-5-15-8/h1-3,5-7,9H,4H2,(H,20,21)(H4,13,14,17)/t7-,9+/m1/s1. The Morgan fingerprint density at radius 3 is 2.81 bits per heavy atom. The smallest absolute Gasteiger partial charge is 0.327 e. The maximum atomic E-state index is 12.1. The summed E-state index contributed by atoms with van der Waals surface area (Å²) in [5.41, 5.74) is 10.2. The first-order valence-corrected chi connectivity index (χ1v) is 6.09. The van der Waals surface area contributed by atoms with Gasteiger partial charge in [-0.2, -0.15) is 5.10 Å². The molecule has 0 spiro atoms. The molecular weight excluding hydrogens is 276 g/mol.